The van der Waals surface area contributed by atoms with Gasteiger partial charge in [-0.3, -0.25) is 4.79 Å². The summed E-state index contributed by atoms with van der Waals surface area (Å²) in [7, 11) is 0. The Balaban J connectivity index is 4.38. The number of nitrogens with one attached hydrogen (secondary N) is 2. The molecule has 3 N–H and O–H groups in total. The Morgan fingerprint density at radius 2 is 2.00 bits per heavy atom. The molecule has 0 aliphatic carbocycles. The van der Waals surface area contributed by atoms with Crippen molar-refractivity contribution < 1.29 is 25.6 Å². The third-order valence-electron chi connectivity index (χ3n) is 1.70. The van der Waals surface area contributed by atoms with Crippen LogP contribution in [-0.4, -0.2) is 41.3 Å². The van der Waals surface area contributed by atoms with E-state index < -0.39 is 36.0 Å². The van der Waals surface area contributed by atoms with Gasteiger partial charge in [0, 0.05) is 7.92 Å². The summed E-state index contributed by atoms with van der Waals surface area (Å²) in [4.78, 5) is 33.7. The topological polar surface area (TPSA) is 105 Å². The van der Waals surface area contributed by atoms with Crippen molar-refractivity contribution >= 4 is 18.0 Å². The summed E-state index contributed by atoms with van der Waals surface area (Å²) in [6, 6.07) is -1.36. The first kappa shape index (κ1) is 14.3. The minimum Gasteiger partial charge on any atom is -0.480 e. The molecule has 0 aromatic carbocycles. The standard InChI is InChI=1S/C11H20N2O5/c1-5-12-8(14)6-7(9(15)16)13-10(17)18-11(2,3)4/h7H,5-6H2,1-4H3,(H,12,14)(H,13,17)(H,15,16)/t7-/m0/s1/i1D. The fraction of sp³-hybridized carbons (Fsp3) is 0.727. The van der Waals surface area contributed by atoms with Crippen molar-refractivity contribution in [1.82, 2.24) is 10.6 Å². The second kappa shape index (κ2) is 6.83. The molecule has 104 valence electrons. The Kier molecular flexibility index (Phi) is 5.41. The van der Waals surface area contributed by atoms with E-state index in [0.29, 0.717) is 0 Å². The van der Waals surface area contributed by atoms with E-state index in [1.807, 2.05) is 0 Å². The zero-order valence-electron chi connectivity index (χ0n) is 11.8. The smallest absolute Gasteiger partial charge is 0.408 e. The van der Waals surface area contributed by atoms with Gasteiger partial charge in [-0.1, -0.05) is 0 Å². The molecule has 0 rings (SSSR count). The van der Waals surface area contributed by atoms with Gasteiger partial charge in [-0.15, -0.1) is 0 Å². The quantitative estimate of drug-likeness (QED) is 0.668. The molecule has 0 aliphatic rings. The molecule has 0 saturated carbocycles. The van der Waals surface area contributed by atoms with E-state index in [1.165, 1.54) is 0 Å². The summed E-state index contributed by atoms with van der Waals surface area (Å²) in [6.07, 6.45) is -1.30. The molecule has 0 aromatic rings. The number of carbonyl (C=O) groups excluding carboxylic acids is 2. The number of carboxylic acids is 1. The first-order valence-corrected chi connectivity index (χ1v) is 5.44. The van der Waals surface area contributed by atoms with Crippen LogP contribution >= 0.6 is 0 Å². The van der Waals surface area contributed by atoms with Crippen LogP contribution in [0.1, 0.15) is 35.5 Å². The van der Waals surface area contributed by atoms with Crippen LogP contribution in [0.5, 0.6) is 0 Å². The second-order valence-corrected chi connectivity index (χ2v) is 4.59. The molecule has 0 aliphatic heterocycles. The van der Waals surface area contributed by atoms with Crippen LogP contribution in [0.2, 0.25) is 0 Å². The Morgan fingerprint density at radius 3 is 2.44 bits per heavy atom. The van der Waals surface area contributed by atoms with E-state index in [0.717, 1.165) is 0 Å². The highest BCUT2D eigenvalue weighted by Crippen LogP contribution is 2.07. The van der Waals surface area contributed by atoms with Crippen LogP contribution in [0.25, 0.3) is 0 Å². The molecule has 2 amide bonds. The van der Waals surface area contributed by atoms with Gasteiger partial charge in [-0.25, -0.2) is 9.59 Å². The summed E-state index contributed by atoms with van der Waals surface area (Å²) < 4.78 is 11.8. The van der Waals surface area contributed by atoms with Crippen molar-refractivity contribution in [3.63, 3.8) is 0 Å². The molecule has 0 saturated heterocycles. The predicted octanol–water partition coefficient (Wildman–Crippen LogP) is 0.490. The van der Waals surface area contributed by atoms with E-state index in [2.05, 4.69) is 10.6 Å². The van der Waals surface area contributed by atoms with Gasteiger partial charge in [-0.2, -0.15) is 0 Å². The maximum atomic E-state index is 11.4. The molecular weight excluding hydrogens is 240 g/mol. The monoisotopic (exact) mass is 261 g/mol. The fourth-order valence-electron chi connectivity index (χ4n) is 1.05. The SMILES string of the molecule is [2H]CCNC(=O)C[C@H](NC(=O)OC(C)(C)C)C(=O)O. The molecule has 1 atom stereocenters. The average Bonchev–Trinajstić information content (AvgIpc) is 2.22. The summed E-state index contributed by atoms with van der Waals surface area (Å²) in [5.41, 5.74) is -0.749. The zero-order valence-corrected chi connectivity index (χ0v) is 10.8. The molecule has 0 radical (unpaired) electrons. The van der Waals surface area contributed by atoms with Crippen LogP contribution in [0, 0.1) is 0 Å². The van der Waals surface area contributed by atoms with Crippen LogP contribution < -0.4 is 10.6 Å². The number of rotatable bonds is 5. The maximum absolute atomic E-state index is 11.4. The highest BCUT2D eigenvalue weighted by molar-refractivity contribution is 5.87. The highest BCUT2D eigenvalue weighted by Gasteiger charge is 2.25. The molecular formula is C11H20N2O5. The van der Waals surface area contributed by atoms with Crippen LogP contribution in [-0.2, 0) is 14.3 Å². The second-order valence-electron chi connectivity index (χ2n) is 4.59. The van der Waals surface area contributed by atoms with E-state index in [1.54, 1.807) is 20.8 Å². The Morgan fingerprint density at radius 1 is 1.39 bits per heavy atom. The minimum absolute atomic E-state index is 0.00295. The lowest BCUT2D eigenvalue weighted by Crippen LogP contribution is -2.46. The predicted molar refractivity (Wildman–Crippen MR) is 64.1 cm³/mol. The van der Waals surface area contributed by atoms with Crippen LogP contribution in [0.3, 0.4) is 0 Å². The van der Waals surface area contributed by atoms with E-state index in [9.17, 15) is 14.4 Å². The van der Waals surface area contributed by atoms with Crippen molar-refractivity contribution in [2.24, 2.45) is 0 Å². The molecule has 18 heavy (non-hydrogen) atoms. The summed E-state index contributed by atoms with van der Waals surface area (Å²) in [5, 5.41) is 13.4. The number of hydrogen-bond acceptors (Lipinski definition) is 4. The van der Waals surface area contributed by atoms with Gasteiger partial charge in [0.25, 0.3) is 0 Å². The largest absolute Gasteiger partial charge is 0.480 e. The average molecular weight is 261 g/mol. The number of carbonyl (C=O) groups is 3. The van der Waals surface area contributed by atoms with Gasteiger partial charge >= 0.3 is 12.1 Å². The Labute approximate surface area is 107 Å². The lowest BCUT2D eigenvalue weighted by atomic mass is 10.2. The van der Waals surface area contributed by atoms with Crippen molar-refractivity contribution in [2.75, 3.05) is 6.54 Å². The third-order valence-corrected chi connectivity index (χ3v) is 1.70. The molecule has 0 fully saturated rings. The van der Waals surface area contributed by atoms with Gasteiger partial charge in [0.1, 0.15) is 11.6 Å². The van der Waals surface area contributed by atoms with Crippen molar-refractivity contribution in [1.29, 1.82) is 0 Å². The summed E-state index contributed by atoms with van der Waals surface area (Å²) in [5.74, 6) is -1.87. The van der Waals surface area contributed by atoms with Crippen LogP contribution in [0.15, 0.2) is 0 Å². The summed E-state index contributed by atoms with van der Waals surface area (Å²) in [6.45, 7) is 5.07. The van der Waals surface area contributed by atoms with Gasteiger partial charge in [0.05, 0.1) is 6.42 Å². The lowest BCUT2D eigenvalue weighted by molar-refractivity contribution is -0.141. The normalized spacial score (nSPS) is 13.2. The number of hydrogen-bond donors (Lipinski definition) is 3. The van der Waals surface area contributed by atoms with Gasteiger partial charge in [0.2, 0.25) is 5.91 Å². The first-order valence-electron chi connectivity index (χ1n) is 6.14. The number of amides is 2. The lowest BCUT2D eigenvalue weighted by Gasteiger charge is -2.21. The highest BCUT2D eigenvalue weighted by atomic mass is 16.6. The Bertz CT molecular complexity index is 340. The number of alkyl carbamates (subject to hydrolysis) is 1. The van der Waals surface area contributed by atoms with Gasteiger partial charge in [-0.05, 0) is 27.7 Å². The molecule has 0 unspecified atom stereocenters. The minimum atomic E-state index is -1.36. The molecule has 0 spiro atoms. The first-order chi connectivity index (χ1) is 8.65. The fourth-order valence-corrected chi connectivity index (χ4v) is 1.05. The van der Waals surface area contributed by atoms with Crippen molar-refractivity contribution in [3.8, 4) is 0 Å². The number of ether oxygens (including phenoxy) is 1. The van der Waals surface area contributed by atoms with Crippen molar-refractivity contribution in [3.05, 3.63) is 0 Å². The molecule has 7 heteroatoms. The molecule has 0 bridgehead atoms. The molecule has 0 heterocycles. The van der Waals surface area contributed by atoms with E-state index >= 15 is 0 Å². The van der Waals surface area contributed by atoms with Gasteiger partial charge in [0.15, 0.2) is 0 Å². The molecule has 7 nitrogen and oxygen atoms in total. The number of carboxylic acid groups (broad SMARTS) is 1. The van der Waals surface area contributed by atoms with E-state index in [4.69, 9.17) is 11.2 Å². The zero-order chi connectivity index (χ0) is 15.1. The van der Waals surface area contributed by atoms with Gasteiger partial charge < -0.3 is 20.5 Å². The van der Waals surface area contributed by atoms with Crippen LogP contribution in [0.4, 0.5) is 4.79 Å². The third kappa shape index (κ3) is 7.48. The van der Waals surface area contributed by atoms with Crippen molar-refractivity contribution in [2.45, 2.75) is 45.7 Å². The number of aliphatic carboxylic acids is 1. The maximum Gasteiger partial charge on any atom is 0.408 e. The summed E-state index contributed by atoms with van der Waals surface area (Å²) >= 11 is 0. The molecule has 0 aromatic heterocycles. The Hall–Kier alpha value is -1.79. The van der Waals surface area contributed by atoms with E-state index in [-0.39, 0.29) is 13.4 Å².